The second-order valence-corrected chi connectivity index (χ2v) is 9.22. The molecular formula is C12H18N2O4S2. The van der Waals surface area contributed by atoms with Crippen LogP contribution in [0.2, 0.25) is 0 Å². The summed E-state index contributed by atoms with van der Waals surface area (Å²) in [5, 5.41) is 0. The Hall–Kier alpha value is -1.12. The fourth-order valence-corrected chi connectivity index (χ4v) is 5.77. The van der Waals surface area contributed by atoms with E-state index in [0.29, 0.717) is 11.3 Å². The molecule has 1 aromatic rings. The number of nitrogens with zero attached hydrogens (tertiary/aromatic N) is 1. The second kappa shape index (κ2) is 5.01. The standard InChI is InChI=1S/C12H18N2O4S2/c1-9-7-11(3-4-12(9)13)20(17,18)14-5-6-19(15,16)8-10(14)2/h3-4,7,10H,5-6,8,13H2,1-2H3. The van der Waals surface area contributed by atoms with Crippen LogP contribution >= 0.6 is 0 Å². The first-order chi connectivity index (χ1) is 9.13. The van der Waals surface area contributed by atoms with Crippen molar-refractivity contribution in [2.24, 2.45) is 0 Å². The van der Waals surface area contributed by atoms with E-state index >= 15 is 0 Å². The minimum absolute atomic E-state index is 0.00470. The van der Waals surface area contributed by atoms with Gasteiger partial charge in [-0.2, -0.15) is 4.31 Å². The lowest BCUT2D eigenvalue weighted by molar-refractivity contribution is 0.357. The predicted molar refractivity (Wildman–Crippen MR) is 77.6 cm³/mol. The van der Waals surface area contributed by atoms with Gasteiger partial charge in [-0.1, -0.05) is 0 Å². The van der Waals surface area contributed by atoms with Crippen molar-refractivity contribution >= 4 is 25.5 Å². The quantitative estimate of drug-likeness (QED) is 0.795. The van der Waals surface area contributed by atoms with E-state index in [-0.39, 0.29) is 22.9 Å². The first-order valence-electron chi connectivity index (χ1n) is 6.22. The van der Waals surface area contributed by atoms with E-state index in [2.05, 4.69) is 0 Å². The highest BCUT2D eigenvalue weighted by Gasteiger charge is 2.36. The first-order valence-corrected chi connectivity index (χ1v) is 9.48. The van der Waals surface area contributed by atoms with Crippen molar-refractivity contribution in [3.63, 3.8) is 0 Å². The third-order valence-corrected chi connectivity index (χ3v) is 7.26. The van der Waals surface area contributed by atoms with Gasteiger partial charge in [-0.05, 0) is 37.6 Å². The average molecular weight is 318 g/mol. The van der Waals surface area contributed by atoms with Crippen LogP contribution in [0.25, 0.3) is 0 Å². The monoisotopic (exact) mass is 318 g/mol. The van der Waals surface area contributed by atoms with Crippen molar-refractivity contribution in [3.8, 4) is 0 Å². The van der Waals surface area contributed by atoms with Crippen LogP contribution in [-0.4, -0.2) is 45.2 Å². The van der Waals surface area contributed by atoms with Gasteiger partial charge >= 0.3 is 0 Å². The van der Waals surface area contributed by atoms with Gasteiger partial charge < -0.3 is 5.73 Å². The SMILES string of the molecule is Cc1cc(S(=O)(=O)N2CCS(=O)(=O)CC2C)ccc1N. The van der Waals surface area contributed by atoms with E-state index in [4.69, 9.17) is 5.73 Å². The molecule has 0 spiro atoms. The zero-order valence-corrected chi connectivity index (χ0v) is 13.0. The molecule has 1 heterocycles. The Balaban J connectivity index is 2.38. The summed E-state index contributed by atoms with van der Waals surface area (Å²) in [6.45, 7) is 3.34. The minimum atomic E-state index is -3.69. The molecular weight excluding hydrogens is 300 g/mol. The largest absolute Gasteiger partial charge is 0.399 e. The Morgan fingerprint density at radius 3 is 2.55 bits per heavy atom. The molecule has 112 valence electrons. The highest BCUT2D eigenvalue weighted by molar-refractivity contribution is 7.92. The summed E-state index contributed by atoms with van der Waals surface area (Å²) in [5.41, 5.74) is 6.90. The van der Waals surface area contributed by atoms with Gasteiger partial charge in [0.05, 0.1) is 16.4 Å². The first kappa shape index (κ1) is 15.3. The maximum atomic E-state index is 12.6. The number of sulfone groups is 1. The van der Waals surface area contributed by atoms with Crippen molar-refractivity contribution < 1.29 is 16.8 Å². The van der Waals surface area contributed by atoms with Crippen molar-refractivity contribution in [2.75, 3.05) is 23.8 Å². The van der Waals surface area contributed by atoms with E-state index < -0.39 is 25.9 Å². The van der Waals surface area contributed by atoms with Crippen LogP contribution < -0.4 is 5.73 Å². The molecule has 1 unspecified atom stereocenters. The number of anilines is 1. The van der Waals surface area contributed by atoms with Gasteiger partial charge in [0, 0.05) is 18.3 Å². The molecule has 0 aliphatic carbocycles. The summed E-state index contributed by atoms with van der Waals surface area (Å²) in [4.78, 5) is 0.148. The van der Waals surface area contributed by atoms with E-state index in [1.54, 1.807) is 19.9 Å². The maximum Gasteiger partial charge on any atom is 0.243 e. The lowest BCUT2D eigenvalue weighted by atomic mass is 10.2. The van der Waals surface area contributed by atoms with E-state index in [1.165, 1.54) is 16.4 Å². The normalized spacial score (nSPS) is 23.6. The summed E-state index contributed by atoms with van der Waals surface area (Å²) < 4.78 is 49.4. The minimum Gasteiger partial charge on any atom is -0.399 e. The van der Waals surface area contributed by atoms with Crippen molar-refractivity contribution in [1.82, 2.24) is 4.31 Å². The molecule has 0 bridgehead atoms. The lowest BCUT2D eigenvalue weighted by Crippen LogP contribution is -2.49. The molecule has 0 saturated carbocycles. The molecule has 1 atom stereocenters. The summed E-state index contributed by atoms with van der Waals surface area (Å²) >= 11 is 0. The third kappa shape index (κ3) is 2.82. The molecule has 1 aromatic carbocycles. The number of sulfonamides is 1. The van der Waals surface area contributed by atoms with Gasteiger partial charge in [0.2, 0.25) is 10.0 Å². The average Bonchev–Trinajstić information content (AvgIpc) is 2.30. The molecule has 1 aliphatic heterocycles. The van der Waals surface area contributed by atoms with Crippen LogP contribution in [-0.2, 0) is 19.9 Å². The summed E-state index contributed by atoms with van der Waals surface area (Å²) in [6, 6.07) is 3.96. The number of hydrogen-bond acceptors (Lipinski definition) is 5. The Bertz CT molecular complexity index is 726. The summed E-state index contributed by atoms with van der Waals surface area (Å²) in [5.74, 6) is -0.273. The van der Waals surface area contributed by atoms with Crippen molar-refractivity contribution in [3.05, 3.63) is 23.8 Å². The molecule has 8 heteroatoms. The zero-order chi connectivity index (χ0) is 15.1. The van der Waals surface area contributed by atoms with E-state index in [1.807, 2.05) is 0 Å². The molecule has 2 rings (SSSR count). The smallest absolute Gasteiger partial charge is 0.243 e. The van der Waals surface area contributed by atoms with Crippen LogP contribution in [0.4, 0.5) is 5.69 Å². The van der Waals surface area contributed by atoms with Crippen LogP contribution in [0.15, 0.2) is 23.1 Å². The number of rotatable bonds is 2. The maximum absolute atomic E-state index is 12.6. The Morgan fingerprint density at radius 2 is 2.00 bits per heavy atom. The number of benzene rings is 1. The summed E-state index contributed by atoms with van der Waals surface area (Å²) in [7, 11) is -6.84. The van der Waals surface area contributed by atoms with E-state index in [9.17, 15) is 16.8 Å². The van der Waals surface area contributed by atoms with Gasteiger partial charge in [0.25, 0.3) is 0 Å². The Labute approximate surface area is 119 Å². The highest BCUT2D eigenvalue weighted by Crippen LogP contribution is 2.24. The van der Waals surface area contributed by atoms with Crippen molar-refractivity contribution in [2.45, 2.75) is 24.8 Å². The fraction of sp³-hybridized carbons (Fsp3) is 0.500. The lowest BCUT2D eigenvalue weighted by Gasteiger charge is -2.32. The van der Waals surface area contributed by atoms with Gasteiger partial charge in [-0.25, -0.2) is 16.8 Å². The van der Waals surface area contributed by atoms with Crippen LogP contribution in [0.3, 0.4) is 0 Å². The molecule has 2 N–H and O–H groups in total. The molecule has 1 aliphatic rings. The van der Waals surface area contributed by atoms with Gasteiger partial charge in [-0.3, -0.25) is 0 Å². The molecule has 0 radical (unpaired) electrons. The number of nitrogens with two attached hydrogens (primary N) is 1. The predicted octanol–water partition coefficient (Wildman–Crippen LogP) is 0.385. The molecule has 1 fully saturated rings. The molecule has 0 aromatic heterocycles. The number of nitrogen functional groups attached to an aromatic ring is 1. The Kier molecular flexibility index (Phi) is 3.83. The van der Waals surface area contributed by atoms with E-state index in [0.717, 1.165) is 0 Å². The zero-order valence-electron chi connectivity index (χ0n) is 11.4. The fourth-order valence-electron chi connectivity index (χ4n) is 2.28. The third-order valence-electron chi connectivity index (χ3n) is 3.46. The van der Waals surface area contributed by atoms with Crippen LogP contribution in [0.1, 0.15) is 12.5 Å². The van der Waals surface area contributed by atoms with Crippen LogP contribution in [0.5, 0.6) is 0 Å². The highest BCUT2D eigenvalue weighted by atomic mass is 32.2. The molecule has 6 nitrogen and oxygen atoms in total. The van der Waals surface area contributed by atoms with Gasteiger partial charge in [0.15, 0.2) is 9.84 Å². The van der Waals surface area contributed by atoms with Gasteiger partial charge in [0.1, 0.15) is 0 Å². The molecule has 20 heavy (non-hydrogen) atoms. The molecule has 1 saturated heterocycles. The summed E-state index contributed by atoms with van der Waals surface area (Å²) in [6.07, 6.45) is 0. The number of aryl methyl sites for hydroxylation is 1. The number of hydrogen-bond donors (Lipinski definition) is 1. The topological polar surface area (TPSA) is 97.5 Å². The molecule has 0 amide bonds. The Morgan fingerprint density at radius 1 is 1.35 bits per heavy atom. The van der Waals surface area contributed by atoms with Gasteiger partial charge in [-0.15, -0.1) is 0 Å². The van der Waals surface area contributed by atoms with Crippen LogP contribution in [0, 0.1) is 6.92 Å². The van der Waals surface area contributed by atoms with Crippen molar-refractivity contribution in [1.29, 1.82) is 0 Å². The second-order valence-electron chi connectivity index (χ2n) is 5.10.